The molecule has 0 atom stereocenters. The van der Waals surface area contributed by atoms with Crippen LogP contribution >= 0.6 is 11.3 Å². The van der Waals surface area contributed by atoms with Crippen LogP contribution in [0.5, 0.6) is 0 Å². The van der Waals surface area contributed by atoms with Crippen LogP contribution in [0.1, 0.15) is 50.9 Å². The van der Waals surface area contributed by atoms with E-state index < -0.39 is 0 Å². The van der Waals surface area contributed by atoms with Crippen molar-refractivity contribution in [1.82, 2.24) is 14.8 Å². The average molecular weight is 385 g/mol. The summed E-state index contributed by atoms with van der Waals surface area (Å²) < 4.78 is 15.5. The van der Waals surface area contributed by atoms with Crippen LogP contribution in [0, 0.1) is 12.7 Å². The summed E-state index contributed by atoms with van der Waals surface area (Å²) in [5.41, 5.74) is 8.48. The van der Waals surface area contributed by atoms with Crippen LogP contribution in [0.15, 0.2) is 24.3 Å². The molecule has 6 nitrogen and oxygen atoms in total. The molecule has 0 aliphatic heterocycles. The van der Waals surface area contributed by atoms with E-state index >= 15 is 0 Å². The molecule has 8 heteroatoms. The number of aryl methyl sites for hydroxylation is 2. The third-order valence-corrected chi connectivity index (χ3v) is 5.70. The van der Waals surface area contributed by atoms with E-state index in [9.17, 15) is 9.18 Å². The number of carbonyl (C=O) groups is 1. The Bertz CT molecular complexity index is 1020. The Labute approximate surface area is 160 Å². The zero-order chi connectivity index (χ0) is 19.1. The van der Waals surface area contributed by atoms with Crippen molar-refractivity contribution in [2.45, 2.75) is 32.1 Å². The summed E-state index contributed by atoms with van der Waals surface area (Å²) in [4.78, 5) is 18.3. The second-order valence-corrected chi connectivity index (χ2v) is 7.88. The maximum Gasteiger partial charge on any atom is 0.263 e. The molecule has 140 valence electrons. The fourth-order valence-corrected chi connectivity index (χ4v) is 4.22. The molecule has 0 spiro atoms. The van der Waals surface area contributed by atoms with Crippen LogP contribution in [0.25, 0.3) is 0 Å². The lowest BCUT2D eigenvalue weighted by Gasteiger charge is -2.02. The molecule has 1 aliphatic carbocycles. The number of thiazole rings is 1. The SMILES string of the molecule is Cc1nn(C)c(N)c1C(=O)Nc1nc(C2CC2)c(Cc2ccccc2F)s1. The molecule has 1 amide bonds. The lowest BCUT2D eigenvalue weighted by molar-refractivity contribution is 0.102. The van der Waals surface area contributed by atoms with Crippen LogP contribution in [-0.2, 0) is 13.5 Å². The lowest BCUT2D eigenvalue weighted by Crippen LogP contribution is -2.14. The number of rotatable bonds is 5. The van der Waals surface area contributed by atoms with Crippen molar-refractivity contribution in [3.63, 3.8) is 0 Å². The summed E-state index contributed by atoms with van der Waals surface area (Å²) in [5.74, 6) is 0.165. The predicted octanol–water partition coefficient (Wildman–Crippen LogP) is 3.63. The highest BCUT2D eigenvalue weighted by atomic mass is 32.1. The highest BCUT2D eigenvalue weighted by molar-refractivity contribution is 7.16. The van der Waals surface area contributed by atoms with Gasteiger partial charge < -0.3 is 5.73 Å². The topological polar surface area (TPSA) is 85.8 Å². The third-order valence-electron chi connectivity index (χ3n) is 4.71. The quantitative estimate of drug-likeness (QED) is 0.702. The van der Waals surface area contributed by atoms with Crippen molar-refractivity contribution in [3.8, 4) is 0 Å². The number of anilines is 2. The number of nitrogens with two attached hydrogens (primary N) is 1. The molecule has 0 bridgehead atoms. The van der Waals surface area contributed by atoms with E-state index in [1.807, 2.05) is 6.07 Å². The van der Waals surface area contributed by atoms with Gasteiger partial charge in [0.1, 0.15) is 17.2 Å². The Kier molecular flexibility index (Phi) is 4.43. The van der Waals surface area contributed by atoms with Crippen molar-refractivity contribution in [1.29, 1.82) is 0 Å². The summed E-state index contributed by atoms with van der Waals surface area (Å²) >= 11 is 1.40. The maximum absolute atomic E-state index is 14.0. The number of amides is 1. The van der Waals surface area contributed by atoms with E-state index in [4.69, 9.17) is 5.73 Å². The summed E-state index contributed by atoms with van der Waals surface area (Å²) in [6, 6.07) is 6.75. The first-order chi connectivity index (χ1) is 12.9. The van der Waals surface area contributed by atoms with Gasteiger partial charge in [0.25, 0.3) is 5.91 Å². The van der Waals surface area contributed by atoms with E-state index in [2.05, 4.69) is 15.4 Å². The maximum atomic E-state index is 14.0. The highest BCUT2D eigenvalue weighted by Crippen LogP contribution is 2.44. The molecular formula is C19H20FN5OS. The average Bonchev–Trinajstić information content (AvgIpc) is 3.33. The minimum atomic E-state index is -0.327. The number of hydrogen-bond acceptors (Lipinski definition) is 5. The molecule has 1 aromatic carbocycles. The standard InChI is InChI=1S/C19H20FN5OS/c1-10-15(17(21)25(2)24-10)18(26)23-19-22-16(11-7-8-11)14(27-19)9-12-5-3-4-6-13(12)20/h3-6,11H,7-9,21H2,1-2H3,(H,22,23,26). The minimum Gasteiger partial charge on any atom is -0.383 e. The van der Waals surface area contributed by atoms with Gasteiger partial charge in [-0.2, -0.15) is 5.10 Å². The number of hydrogen-bond donors (Lipinski definition) is 2. The molecule has 1 fully saturated rings. The molecule has 0 unspecified atom stereocenters. The number of nitrogens with one attached hydrogen (secondary N) is 1. The molecule has 0 radical (unpaired) electrons. The molecule has 2 aromatic heterocycles. The van der Waals surface area contributed by atoms with Crippen LogP contribution in [0.3, 0.4) is 0 Å². The van der Waals surface area contributed by atoms with Crippen LogP contribution in [-0.4, -0.2) is 20.7 Å². The largest absolute Gasteiger partial charge is 0.383 e. The van der Waals surface area contributed by atoms with Gasteiger partial charge in [-0.25, -0.2) is 9.37 Å². The van der Waals surface area contributed by atoms with E-state index in [1.54, 1.807) is 26.1 Å². The van der Waals surface area contributed by atoms with Crippen LogP contribution in [0.4, 0.5) is 15.3 Å². The smallest absolute Gasteiger partial charge is 0.263 e. The summed E-state index contributed by atoms with van der Waals surface area (Å²) in [7, 11) is 1.69. The van der Waals surface area contributed by atoms with Gasteiger partial charge in [0, 0.05) is 24.3 Å². The Morgan fingerprint density at radius 3 is 2.78 bits per heavy atom. The van der Waals surface area contributed by atoms with Crippen LogP contribution < -0.4 is 11.1 Å². The van der Waals surface area contributed by atoms with Crippen molar-refractivity contribution in [2.75, 3.05) is 11.1 Å². The number of benzene rings is 1. The first-order valence-electron chi connectivity index (χ1n) is 8.77. The Hall–Kier alpha value is -2.74. The Balaban J connectivity index is 1.61. The number of nitrogen functional groups attached to an aromatic ring is 1. The van der Waals surface area contributed by atoms with Gasteiger partial charge in [-0.3, -0.25) is 14.8 Å². The molecule has 1 aliphatic rings. The van der Waals surface area contributed by atoms with E-state index in [-0.39, 0.29) is 11.7 Å². The third kappa shape index (κ3) is 3.44. The fourth-order valence-electron chi connectivity index (χ4n) is 3.15. The Morgan fingerprint density at radius 1 is 1.41 bits per heavy atom. The molecule has 3 N–H and O–H groups in total. The van der Waals surface area contributed by atoms with Gasteiger partial charge in [-0.1, -0.05) is 18.2 Å². The van der Waals surface area contributed by atoms with Gasteiger partial charge >= 0.3 is 0 Å². The molecule has 1 saturated carbocycles. The number of halogens is 1. The zero-order valence-corrected chi connectivity index (χ0v) is 15.9. The molecule has 4 rings (SSSR count). The second kappa shape index (κ2) is 6.77. The first-order valence-corrected chi connectivity index (χ1v) is 9.59. The normalized spacial score (nSPS) is 13.7. The molecule has 0 saturated heterocycles. The van der Waals surface area contributed by atoms with Crippen LogP contribution in [0.2, 0.25) is 0 Å². The van der Waals surface area contributed by atoms with Crippen molar-refractivity contribution in [3.05, 3.63) is 57.5 Å². The number of carbonyl (C=O) groups excluding carboxylic acids is 1. The van der Waals surface area contributed by atoms with Crippen molar-refractivity contribution >= 4 is 28.2 Å². The minimum absolute atomic E-state index is 0.225. The zero-order valence-electron chi connectivity index (χ0n) is 15.1. The lowest BCUT2D eigenvalue weighted by atomic mass is 10.1. The van der Waals surface area contributed by atoms with Gasteiger partial charge in [0.2, 0.25) is 0 Å². The predicted molar refractivity (Wildman–Crippen MR) is 104 cm³/mol. The van der Waals surface area contributed by atoms with Gasteiger partial charge in [0.05, 0.1) is 11.4 Å². The monoisotopic (exact) mass is 385 g/mol. The second-order valence-electron chi connectivity index (χ2n) is 6.79. The summed E-state index contributed by atoms with van der Waals surface area (Å²) in [5, 5.41) is 7.52. The molecule has 27 heavy (non-hydrogen) atoms. The van der Waals surface area contributed by atoms with Gasteiger partial charge in [0.15, 0.2) is 5.13 Å². The molecule has 3 aromatic rings. The van der Waals surface area contributed by atoms with E-state index in [0.717, 1.165) is 23.4 Å². The van der Waals surface area contributed by atoms with E-state index in [0.29, 0.717) is 40.1 Å². The van der Waals surface area contributed by atoms with Gasteiger partial charge in [-0.15, -0.1) is 11.3 Å². The number of aromatic nitrogens is 3. The summed E-state index contributed by atoms with van der Waals surface area (Å²) in [6.45, 7) is 1.74. The molecule has 2 heterocycles. The van der Waals surface area contributed by atoms with Crippen molar-refractivity contribution in [2.24, 2.45) is 7.05 Å². The fraction of sp³-hybridized carbons (Fsp3) is 0.316. The summed E-state index contributed by atoms with van der Waals surface area (Å²) in [6.07, 6.45) is 2.63. The van der Waals surface area contributed by atoms with Gasteiger partial charge in [-0.05, 0) is 31.4 Å². The Morgan fingerprint density at radius 2 is 2.15 bits per heavy atom. The number of nitrogens with zero attached hydrogens (tertiary/aromatic N) is 3. The van der Waals surface area contributed by atoms with E-state index in [1.165, 1.54) is 22.1 Å². The molecular weight excluding hydrogens is 365 g/mol. The first kappa shape index (κ1) is 17.7. The highest BCUT2D eigenvalue weighted by Gasteiger charge is 2.30. The van der Waals surface area contributed by atoms with Crippen molar-refractivity contribution < 1.29 is 9.18 Å².